The van der Waals surface area contributed by atoms with Crippen LogP contribution in [-0.4, -0.2) is 127 Å². The monoisotopic (exact) mass is 836 g/mol. The van der Waals surface area contributed by atoms with Gasteiger partial charge in [-0.25, -0.2) is 24.7 Å². The van der Waals surface area contributed by atoms with E-state index in [1.54, 1.807) is 6.07 Å². The topological polar surface area (TPSA) is 136 Å². The van der Waals surface area contributed by atoms with Crippen molar-refractivity contribution in [2.75, 3.05) is 66.5 Å². The Labute approximate surface area is 363 Å². The number of carbonyl (C=O) groups excluding carboxylic acids is 1. The Hall–Kier alpha value is -7.06. The van der Waals surface area contributed by atoms with Crippen molar-refractivity contribution in [3.8, 4) is 0 Å². The summed E-state index contributed by atoms with van der Waals surface area (Å²) >= 11 is 0. The SMILES string of the molecule is CN1CCCN(C(=O)c2cc3cc4ccccc4nc3n3c2nc2ccccc23)CC1.CN1CCCNCC1.O=C(O)c1cc2cc3ccccc3nc2n2c1nc1ccccc12. The van der Waals surface area contributed by atoms with E-state index < -0.39 is 5.97 Å². The molecule has 13 heteroatoms. The van der Waals surface area contributed by atoms with E-state index in [0.717, 1.165) is 99.4 Å². The molecule has 1 amide bonds. The number of benzene rings is 4. The highest BCUT2D eigenvalue weighted by Gasteiger charge is 2.25. The predicted molar refractivity (Wildman–Crippen MR) is 251 cm³/mol. The maximum Gasteiger partial charge on any atom is 0.339 e. The molecular formula is C50H48N10O3. The van der Waals surface area contributed by atoms with Crippen LogP contribution in [0.2, 0.25) is 0 Å². The molecule has 0 bridgehead atoms. The lowest BCUT2D eigenvalue weighted by atomic mass is 10.1. The molecule has 0 unspecified atom stereocenters. The van der Waals surface area contributed by atoms with E-state index in [1.165, 1.54) is 26.1 Å². The smallest absolute Gasteiger partial charge is 0.339 e. The van der Waals surface area contributed by atoms with Gasteiger partial charge in [-0.05, 0) is 107 Å². The number of para-hydroxylation sites is 6. The number of rotatable bonds is 2. The van der Waals surface area contributed by atoms with Gasteiger partial charge < -0.3 is 25.1 Å². The molecule has 0 radical (unpaired) electrons. The van der Waals surface area contributed by atoms with Gasteiger partial charge in [0.25, 0.3) is 5.91 Å². The summed E-state index contributed by atoms with van der Waals surface area (Å²) in [6.07, 6.45) is 2.28. The summed E-state index contributed by atoms with van der Waals surface area (Å²) in [5.74, 6) is -0.948. The number of amides is 1. The van der Waals surface area contributed by atoms with Crippen molar-refractivity contribution in [1.82, 2.24) is 48.8 Å². The van der Waals surface area contributed by atoms with Crippen molar-refractivity contribution in [3.63, 3.8) is 0 Å². The summed E-state index contributed by atoms with van der Waals surface area (Å²) in [4.78, 5) is 51.1. The van der Waals surface area contributed by atoms with Crippen molar-refractivity contribution >= 4 is 89.1 Å². The zero-order chi connectivity index (χ0) is 43.0. The summed E-state index contributed by atoms with van der Waals surface area (Å²) in [7, 11) is 4.29. The van der Waals surface area contributed by atoms with Gasteiger partial charge >= 0.3 is 5.97 Å². The van der Waals surface area contributed by atoms with Gasteiger partial charge in [0.05, 0.1) is 38.7 Å². The van der Waals surface area contributed by atoms with Crippen molar-refractivity contribution < 1.29 is 14.7 Å². The van der Waals surface area contributed by atoms with E-state index >= 15 is 0 Å². The highest BCUT2D eigenvalue weighted by atomic mass is 16.4. The lowest BCUT2D eigenvalue weighted by molar-refractivity contribution is 0.0697. The zero-order valence-corrected chi connectivity index (χ0v) is 35.4. The van der Waals surface area contributed by atoms with Gasteiger partial charge in [-0.15, -0.1) is 0 Å². The Balaban J connectivity index is 0.000000130. The standard InChI is InChI=1S/C25H23N5O.C19H11N3O2.C6H14N2/c1-28-11-6-12-29(14-13-28)25(31)19-16-18-15-17-7-2-3-8-20(17)26-23(18)30-22-10-5-4-9-21(22)27-24(19)30;23-19(24)13-10-12-9-11-5-1-2-6-14(11)20-17(12)22-16-8-4-3-7-15(16)21-18(13)22;1-8-5-2-3-7-4-6-8/h2-5,7-10,15-16H,6,11-14H2,1H3;1-10H,(H,23,24);7H,2-6H2,1H3. The van der Waals surface area contributed by atoms with Crippen LogP contribution in [0.25, 0.3) is 77.2 Å². The largest absolute Gasteiger partial charge is 0.478 e. The Morgan fingerprint density at radius 1 is 0.492 bits per heavy atom. The number of hydrogen-bond donors (Lipinski definition) is 2. The maximum atomic E-state index is 13.7. The Kier molecular flexibility index (Phi) is 10.8. The molecule has 8 heterocycles. The van der Waals surface area contributed by atoms with E-state index in [4.69, 9.17) is 15.0 Å². The van der Waals surface area contributed by atoms with Gasteiger partial charge in [-0.2, -0.15) is 0 Å². The first-order valence-corrected chi connectivity index (χ1v) is 21.6. The third kappa shape index (κ3) is 7.75. The second kappa shape index (κ2) is 17.0. The van der Waals surface area contributed by atoms with Crippen LogP contribution in [0.5, 0.6) is 0 Å². The molecule has 10 aromatic rings. The van der Waals surface area contributed by atoms with Crippen LogP contribution in [0.3, 0.4) is 0 Å². The molecule has 63 heavy (non-hydrogen) atoms. The Bertz CT molecular complexity index is 3350. The van der Waals surface area contributed by atoms with Gasteiger partial charge in [0, 0.05) is 54.3 Å². The van der Waals surface area contributed by atoms with E-state index in [-0.39, 0.29) is 11.5 Å². The number of carbonyl (C=O) groups is 2. The molecule has 6 aromatic heterocycles. The van der Waals surface area contributed by atoms with Crippen molar-refractivity contribution in [2.24, 2.45) is 0 Å². The number of likely N-dealkylation sites (N-methyl/N-ethyl adjacent to an activating group) is 2. The predicted octanol–water partition coefficient (Wildman–Crippen LogP) is 7.77. The summed E-state index contributed by atoms with van der Waals surface area (Å²) in [6, 6.07) is 39.2. The summed E-state index contributed by atoms with van der Waals surface area (Å²) in [5.41, 5.74) is 8.70. The first-order chi connectivity index (χ1) is 30.8. The lowest BCUT2D eigenvalue weighted by Crippen LogP contribution is -2.34. The fraction of sp³-hybridized carbons (Fsp3) is 0.240. The molecule has 0 aliphatic carbocycles. The average Bonchev–Trinajstić information content (AvgIpc) is 3.69. The van der Waals surface area contributed by atoms with Crippen LogP contribution in [0.15, 0.2) is 121 Å². The number of fused-ring (bicyclic) bond motifs is 12. The molecule has 2 aliphatic rings. The van der Waals surface area contributed by atoms with Crippen LogP contribution in [0, 0.1) is 0 Å². The lowest BCUT2D eigenvalue weighted by Gasteiger charge is -2.21. The Morgan fingerprint density at radius 3 is 1.59 bits per heavy atom. The molecule has 0 saturated carbocycles. The quantitative estimate of drug-likeness (QED) is 0.166. The molecule has 0 atom stereocenters. The normalized spacial score (nSPS) is 15.4. The van der Waals surface area contributed by atoms with E-state index in [0.29, 0.717) is 22.5 Å². The molecular weight excluding hydrogens is 789 g/mol. The number of carboxylic acid groups (broad SMARTS) is 1. The van der Waals surface area contributed by atoms with E-state index in [9.17, 15) is 14.7 Å². The van der Waals surface area contributed by atoms with Gasteiger partial charge in [0.1, 0.15) is 16.9 Å². The minimum Gasteiger partial charge on any atom is -0.478 e. The second-order valence-electron chi connectivity index (χ2n) is 16.5. The third-order valence-corrected chi connectivity index (χ3v) is 12.1. The summed E-state index contributed by atoms with van der Waals surface area (Å²) in [5, 5.41) is 16.7. The minimum atomic E-state index is -0.995. The fourth-order valence-corrected chi connectivity index (χ4v) is 8.81. The number of aromatic carboxylic acids is 1. The molecule has 0 spiro atoms. The molecule has 2 aliphatic heterocycles. The Morgan fingerprint density at radius 2 is 0.984 bits per heavy atom. The first kappa shape index (κ1) is 40.0. The van der Waals surface area contributed by atoms with Crippen molar-refractivity contribution in [2.45, 2.75) is 12.8 Å². The summed E-state index contributed by atoms with van der Waals surface area (Å²) < 4.78 is 3.88. The third-order valence-electron chi connectivity index (χ3n) is 12.1. The highest BCUT2D eigenvalue weighted by Crippen LogP contribution is 2.30. The van der Waals surface area contributed by atoms with Gasteiger partial charge in [0.2, 0.25) is 0 Å². The minimum absolute atomic E-state index is 0.0469. The molecule has 4 aromatic carbocycles. The molecule has 12 rings (SSSR count). The van der Waals surface area contributed by atoms with Crippen molar-refractivity contribution in [1.29, 1.82) is 0 Å². The number of nitrogens with one attached hydrogen (secondary N) is 1. The molecule has 2 saturated heterocycles. The second-order valence-corrected chi connectivity index (χ2v) is 16.5. The van der Waals surface area contributed by atoms with Crippen molar-refractivity contribution in [3.05, 3.63) is 132 Å². The van der Waals surface area contributed by atoms with E-state index in [2.05, 4.69) is 46.3 Å². The zero-order valence-electron chi connectivity index (χ0n) is 35.4. The highest BCUT2D eigenvalue weighted by molar-refractivity contribution is 6.07. The first-order valence-electron chi connectivity index (χ1n) is 21.6. The van der Waals surface area contributed by atoms with Crippen LogP contribution in [0.4, 0.5) is 0 Å². The van der Waals surface area contributed by atoms with Crippen LogP contribution < -0.4 is 5.32 Å². The molecule has 2 fully saturated rings. The number of imidazole rings is 2. The van der Waals surface area contributed by atoms with Crippen LogP contribution >= 0.6 is 0 Å². The number of hydrogen-bond acceptors (Lipinski definition) is 9. The van der Waals surface area contributed by atoms with Gasteiger partial charge in [-0.3, -0.25) is 13.6 Å². The van der Waals surface area contributed by atoms with E-state index in [1.807, 2.05) is 117 Å². The number of nitrogens with zero attached hydrogens (tertiary/aromatic N) is 9. The number of aromatic nitrogens is 6. The molecule has 316 valence electrons. The van der Waals surface area contributed by atoms with Crippen LogP contribution in [0.1, 0.15) is 33.6 Å². The fourth-order valence-electron chi connectivity index (χ4n) is 8.81. The van der Waals surface area contributed by atoms with Gasteiger partial charge in [0.15, 0.2) is 11.3 Å². The summed E-state index contributed by atoms with van der Waals surface area (Å²) in [6.45, 7) is 8.23. The number of carboxylic acids is 1. The maximum absolute atomic E-state index is 13.7. The van der Waals surface area contributed by atoms with Crippen LogP contribution in [-0.2, 0) is 0 Å². The van der Waals surface area contributed by atoms with Gasteiger partial charge in [-0.1, -0.05) is 60.7 Å². The molecule has 13 nitrogen and oxygen atoms in total. The average molecular weight is 837 g/mol. The number of pyridine rings is 4. The molecule has 2 N–H and O–H groups in total.